The second kappa shape index (κ2) is 9.32. The minimum Gasteiger partial charge on any atom is -0.434 e. The second-order valence-corrected chi connectivity index (χ2v) is 10.5. The molecule has 1 N–H and O–H groups in total. The molecule has 4 aromatic rings. The van der Waals surface area contributed by atoms with Crippen LogP contribution >= 0.6 is 0 Å². The van der Waals surface area contributed by atoms with Gasteiger partial charge >= 0.3 is 12.6 Å². The van der Waals surface area contributed by atoms with Gasteiger partial charge in [-0.25, -0.2) is 19.4 Å². The van der Waals surface area contributed by atoms with Gasteiger partial charge in [0.05, 0.1) is 23.0 Å². The molecule has 2 amide bonds. The Morgan fingerprint density at radius 1 is 1.02 bits per heavy atom. The average Bonchev–Trinajstić information content (AvgIpc) is 3.63. The van der Waals surface area contributed by atoms with Crippen molar-refractivity contribution in [3.8, 4) is 16.9 Å². The number of rotatable bonds is 5. The molecular weight excluding hydrogens is 520 g/mol. The molecule has 3 aliphatic rings. The molecule has 7 rings (SSSR count). The van der Waals surface area contributed by atoms with Gasteiger partial charge in [0.1, 0.15) is 5.75 Å². The van der Waals surface area contributed by atoms with Crippen molar-refractivity contribution in [3.63, 3.8) is 0 Å². The summed E-state index contributed by atoms with van der Waals surface area (Å²) < 4.78 is 34.8. The molecule has 2 fully saturated rings. The van der Waals surface area contributed by atoms with Gasteiger partial charge in [0, 0.05) is 56.2 Å². The number of halogens is 2. The number of ether oxygens (including phenoxy) is 1. The number of alkyl halides is 2. The lowest BCUT2D eigenvalue weighted by Crippen LogP contribution is -2.52. The number of urea groups is 1. The molecule has 40 heavy (non-hydrogen) atoms. The van der Waals surface area contributed by atoms with Gasteiger partial charge in [-0.1, -0.05) is 23.8 Å². The molecule has 0 saturated carbocycles. The van der Waals surface area contributed by atoms with Crippen molar-refractivity contribution in [1.29, 1.82) is 0 Å². The number of hydrogen-bond donors (Lipinski definition) is 1. The number of aromatic nitrogens is 4. The van der Waals surface area contributed by atoms with E-state index in [-0.39, 0.29) is 29.4 Å². The highest BCUT2D eigenvalue weighted by molar-refractivity contribution is 5.85. The van der Waals surface area contributed by atoms with Gasteiger partial charge in [0.2, 0.25) is 5.95 Å². The molecule has 2 aromatic carbocycles. The van der Waals surface area contributed by atoms with E-state index in [4.69, 9.17) is 4.74 Å². The van der Waals surface area contributed by atoms with Crippen LogP contribution in [0, 0.1) is 6.92 Å². The first kappa shape index (κ1) is 24.6. The van der Waals surface area contributed by atoms with Crippen LogP contribution in [0.3, 0.4) is 0 Å². The van der Waals surface area contributed by atoms with Crippen LogP contribution < -0.4 is 20.5 Å². The Kier molecular flexibility index (Phi) is 5.72. The van der Waals surface area contributed by atoms with E-state index in [2.05, 4.69) is 20.2 Å². The molecule has 0 unspecified atom stereocenters. The van der Waals surface area contributed by atoms with E-state index in [1.807, 2.05) is 34.7 Å². The lowest BCUT2D eigenvalue weighted by Gasteiger charge is -2.36. The minimum atomic E-state index is -2.94. The highest BCUT2D eigenvalue weighted by Gasteiger charge is 2.36. The third-order valence-corrected chi connectivity index (χ3v) is 8.11. The minimum absolute atomic E-state index is 0.0185. The number of benzene rings is 2. The Morgan fingerprint density at radius 3 is 2.65 bits per heavy atom. The predicted molar refractivity (Wildman–Crippen MR) is 144 cm³/mol. The summed E-state index contributed by atoms with van der Waals surface area (Å²) >= 11 is 0. The van der Waals surface area contributed by atoms with Crippen molar-refractivity contribution in [2.24, 2.45) is 0 Å². The maximum atomic E-state index is 13.2. The molecule has 2 atom stereocenters. The molecule has 0 radical (unpaired) electrons. The van der Waals surface area contributed by atoms with Crippen LogP contribution in [0.2, 0.25) is 0 Å². The Morgan fingerprint density at radius 2 is 1.85 bits per heavy atom. The zero-order valence-corrected chi connectivity index (χ0v) is 21.8. The van der Waals surface area contributed by atoms with E-state index >= 15 is 0 Å². The van der Waals surface area contributed by atoms with Gasteiger partial charge in [0.15, 0.2) is 0 Å². The van der Waals surface area contributed by atoms with Crippen LogP contribution in [-0.4, -0.2) is 69.1 Å². The van der Waals surface area contributed by atoms with Crippen LogP contribution in [-0.2, 0) is 6.54 Å². The molecule has 2 saturated heterocycles. The molecule has 0 spiro atoms. The van der Waals surface area contributed by atoms with E-state index in [9.17, 15) is 18.4 Å². The fourth-order valence-corrected chi connectivity index (χ4v) is 6.20. The molecule has 0 bridgehead atoms. The number of carbonyl (C=O) groups excluding carboxylic acids is 1. The zero-order valence-electron chi connectivity index (χ0n) is 21.8. The monoisotopic (exact) mass is 547 g/mol. The Balaban J connectivity index is 1.22. The van der Waals surface area contributed by atoms with Crippen molar-refractivity contribution in [1.82, 2.24) is 29.5 Å². The predicted octanol–water partition coefficient (Wildman–Crippen LogP) is 3.38. The first-order chi connectivity index (χ1) is 19.4. The van der Waals surface area contributed by atoms with Gasteiger partial charge < -0.3 is 19.9 Å². The number of piperazine rings is 1. The molecule has 0 aliphatic carbocycles. The Labute approximate surface area is 227 Å². The number of nitrogens with zero attached hydrogens (tertiary/aromatic N) is 6. The number of nitrogens with one attached hydrogen (secondary N) is 1. The number of aryl methyl sites for hydroxylation is 1. The van der Waals surface area contributed by atoms with Gasteiger partial charge in [-0.05, 0) is 37.1 Å². The quantitative estimate of drug-likeness (QED) is 0.412. The lowest BCUT2D eigenvalue weighted by molar-refractivity contribution is -0.0507. The van der Waals surface area contributed by atoms with Crippen LogP contribution in [0.25, 0.3) is 22.0 Å². The lowest BCUT2D eigenvalue weighted by atomic mass is 10.0. The smallest absolute Gasteiger partial charge is 0.387 e. The molecule has 3 aliphatic heterocycles. The molecule has 12 heteroatoms. The van der Waals surface area contributed by atoms with Gasteiger partial charge in [-0.15, -0.1) is 0 Å². The summed E-state index contributed by atoms with van der Waals surface area (Å²) in [4.78, 5) is 38.3. The average molecular weight is 548 g/mol. The SMILES string of the molecule is Cc1ccc(OC(F)F)c([C@H]2CCn3c(=O)c4ccc(-c5cnc(N6CCN7C(=O)NC[C@H]7C6)nc5)cc4n32)c1. The van der Waals surface area contributed by atoms with Crippen LogP contribution in [0.1, 0.15) is 23.6 Å². The summed E-state index contributed by atoms with van der Waals surface area (Å²) in [5.41, 5.74) is 3.78. The summed E-state index contributed by atoms with van der Waals surface area (Å²) in [6, 6.07) is 10.5. The van der Waals surface area contributed by atoms with Crippen LogP contribution in [0.5, 0.6) is 5.75 Å². The number of anilines is 1. The van der Waals surface area contributed by atoms with Crippen LogP contribution in [0.4, 0.5) is 19.5 Å². The van der Waals surface area contributed by atoms with Crippen molar-refractivity contribution in [2.75, 3.05) is 31.1 Å². The van der Waals surface area contributed by atoms with Gasteiger partial charge in [0.25, 0.3) is 5.56 Å². The summed E-state index contributed by atoms with van der Waals surface area (Å²) in [7, 11) is 0. The summed E-state index contributed by atoms with van der Waals surface area (Å²) in [6.45, 7) is 2.00. The normalized spacial score (nSPS) is 20.2. The topological polar surface area (TPSA) is 97.5 Å². The molecular formula is C28H27F2N7O3. The number of carbonyl (C=O) groups is 1. The van der Waals surface area contributed by atoms with Crippen molar-refractivity contribution in [2.45, 2.75) is 38.6 Å². The highest BCUT2D eigenvalue weighted by atomic mass is 19.3. The van der Waals surface area contributed by atoms with Crippen molar-refractivity contribution >= 4 is 22.9 Å². The number of hydrogen-bond acceptors (Lipinski definition) is 6. The number of amides is 2. The number of fused-ring (bicyclic) bond motifs is 4. The summed E-state index contributed by atoms with van der Waals surface area (Å²) in [5, 5.41) is 3.44. The highest BCUT2D eigenvalue weighted by Crippen LogP contribution is 2.38. The molecule has 206 valence electrons. The maximum Gasteiger partial charge on any atom is 0.387 e. The molecule has 2 aromatic heterocycles. The Hall–Kier alpha value is -4.48. The van der Waals surface area contributed by atoms with Crippen molar-refractivity contribution in [3.05, 3.63) is 70.3 Å². The van der Waals surface area contributed by atoms with E-state index in [1.165, 1.54) is 0 Å². The summed E-state index contributed by atoms with van der Waals surface area (Å²) in [6.07, 6.45) is 4.12. The van der Waals surface area contributed by atoms with Crippen LogP contribution in [0.15, 0.2) is 53.6 Å². The largest absolute Gasteiger partial charge is 0.434 e. The third-order valence-electron chi connectivity index (χ3n) is 8.11. The second-order valence-electron chi connectivity index (χ2n) is 10.5. The fraction of sp³-hybridized carbons (Fsp3) is 0.357. The van der Waals surface area contributed by atoms with E-state index in [0.717, 1.165) is 16.7 Å². The molecule has 5 heterocycles. The van der Waals surface area contributed by atoms with Crippen molar-refractivity contribution < 1.29 is 18.3 Å². The standard InChI is InChI=1S/C28H27F2N7O3/c1-16-2-5-24(40-26(29)30)21(10-16)22-6-7-36-25(38)20-4-3-17(11-23(20)37(22)36)18-12-31-27(32-13-18)34-8-9-35-19(15-34)14-33-28(35)39/h2-5,10-13,19,22,26H,6-9,14-15H2,1H3,(H,33,39)/t19-,22+/m0/s1. The van der Waals surface area contributed by atoms with Gasteiger partial charge in [-0.2, -0.15) is 8.78 Å². The first-order valence-electron chi connectivity index (χ1n) is 13.3. The fourth-order valence-electron chi connectivity index (χ4n) is 6.20. The van der Waals surface area contributed by atoms with E-state index in [0.29, 0.717) is 61.6 Å². The first-order valence-corrected chi connectivity index (χ1v) is 13.3. The van der Waals surface area contributed by atoms with E-state index < -0.39 is 6.61 Å². The molecule has 10 nitrogen and oxygen atoms in total. The van der Waals surface area contributed by atoms with Gasteiger partial charge in [-0.3, -0.25) is 9.48 Å². The third kappa shape index (κ3) is 3.97. The summed E-state index contributed by atoms with van der Waals surface area (Å²) in [5.74, 6) is 0.725. The van der Waals surface area contributed by atoms with E-state index in [1.54, 1.807) is 35.3 Å². The Bertz CT molecular complexity index is 1680. The maximum absolute atomic E-state index is 13.2. The zero-order chi connectivity index (χ0) is 27.5.